The summed E-state index contributed by atoms with van der Waals surface area (Å²) in [6, 6.07) is 1.21. The number of hydrogen-bond acceptors (Lipinski definition) is 3. The molecule has 0 bridgehead atoms. The van der Waals surface area contributed by atoms with Crippen molar-refractivity contribution < 1.29 is 0 Å². The van der Waals surface area contributed by atoms with Crippen molar-refractivity contribution in [2.75, 3.05) is 0 Å². The van der Waals surface area contributed by atoms with Crippen molar-refractivity contribution in [3.8, 4) is 0 Å². The molecule has 0 aromatic carbocycles. The lowest BCUT2D eigenvalue weighted by Crippen LogP contribution is -2.33. The smallest absolute Gasteiger partial charge is 0.0868 e. The zero-order chi connectivity index (χ0) is 8.72. The predicted molar refractivity (Wildman–Crippen MR) is 50.2 cm³/mol. The maximum Gasteiger partial charge on any atom is 0.0868 e. The van der Waals surface area contributed by atoms with Crippen LogP contribution in [0.25, 0.3) is 0 Å². The summed E-state index contributed by atoms with van der Waals surface area (Å²) in [4.78, 5) is 4.63. The Hall–Kier alpha value is -0.670. The van der Waals surface area contributed by atoms with Gasteiger partial charge in [-0.05, 0) is 26.3 Å². The first-order valence-corrected chi connectivity index (χ1v) is 4.43. The van der Waals surface area contributed by atoms with Crippen LogP contribution in [0.2, 0.25) is 0 Å². The normalized spacial score (nSPS) is 40.4. The minimum absolute atomic E-state index is 0.383. The Morgan fingerprint density at radius 2 is 2.08 bits per heavy atom. The standard InChI is InChI=1S/C9H15N3/c1-5-4-8-9(10-6(5)2)7(3)11-12-8/h4,7-9,11-12H,1-3H3. The van der Waals surface area contributed by atoms with Crippen molar-refractivity contribution in [3.05, 3.63) is 11.6 Å². The van der Waals surface area contributed by atoms with Gasteiger partial charge in [-0.1, -0.05) is 6.08 Å². The third-order valence-electron chi connectivity index (χ3n) is 2.70. The highest BCUT2D eigenvalue weighted by Crippen LogP contribution is 2.19. The van der Waals surface area contributed by atoms with Crippen molar-refractivity contribution in [1.82, 2.24) is 10.9 Å². The average molecular weight is 165 g/mol. The Bertz CT molecular complexity index is 254. The van der Waals surface area contributed by atoms with Gasteiger partial charge in [0.15, 0.2) is 0 Å². The molecule has 3 unspecified atom stereocenters. The molecule has 2 rings (SSSR count). The van der Waals surface area contributed by atoms with Crippen LogP contribution in [-0.2, 0) is 0 Å². The van der Waals surface area contributed by atoms with Crippen LogP contribution in [0.5, 0.6) is 0 Å². The highest BCUT2D eigenvalue weighted by atomic mass is 15.4. The Labute approximate surface area is 72.9 Å². The van der Waals surface area contributed by atoms with Gasteiger partial charge >= 0.3 is 0 Å². The average Bonchev–Trinajstić information content (AvgIpc) is 2.35. The second-order valence-electron chi connectivity index (χ2n) is 3.66. The van der Waals surface area contributed by atoms with Gasteiger partial charge in [0.05, 0.1) is 12.1 Å². The van der Waals surface area contributed by atoms with Crippen LogP contribution in [0.4, 0.5) is 0 Å². The molecule has 0 amide bonds. The van der Waals surface area contributed by atoms with Crippen LogP contribution in [0.1, 0.15) is 20.8 Å². The van der Waals surface area contributed by atoms with Gasteiger partial charge in [-0.15, -0.1) is 0 Å². The van der Waals surface area contributed by atoms with E-state index in [4.69, 9.17) is 0 Å². The molecule has 3 nitrogen and oxygen atoms in total. The molecular formula is C9H15N3. The number of nitrogens with zero attached hydrogens (tertiary/aromatic N) is 1. The summed E-state index contributed by atoms with van der Waals surface area (Å²) in [6.07, 6.45) is 2.25. The molecule has 1 fully saturated rings. The lowest BCUT2D eigenvalue weighted by Gasteiger charge is -2.20. The fourth-order valence-electron chi connectivity index (χ4n) is 1.76. The summed E-state index contributed by atoms with van der Waals surface area (Å²) in [5.74, 6) is 0. The van der Waals surface area contributed by atoms with E-state index in [2.05, 4.69) is 42.7 Å². The number of dihydropyridines is 1. The van der Waals surface area contributed by atoms with Gasteiger partial charge in [-0.3, -0.25) is 10.4 Å². The largest absolute Gasteiger partial charge is 0.283 e. The van der Waals surface area contributed by atoms with Crippen LogP contribution in [-0.4, -0.2) is 23.8 Å². The topological polar surface area (TPSA) is 36.4 Å². The maximum absolute atomic E-state index is 4.63. The van der Waals surface area contributed by atoms with Gasteiger partial charge in [-0.2, -0.15) is 0 Å². The molecule has 0 saturated carbocycles. The maximum atomic E-state index is 4.63. The summed E-state index contributed by atoms with van der Waals surface area (Å²) in [6.45, 7) is 6.34. The number of rotatable bonds is 0. The van der Waals surface area contributed by atoms with E-state index in [1.165, 1.54) is 11.3 Å². The van der Waals surface area contributed by atoms with Gasteiger partial charge < -0.3 is 0 Å². The van der Waals surface area contributed by atoms with Crippen molar-refractivity contribution in [1.29, 1.82) is 0 Å². The molecule has 0 aromatic rings. The van der Waals surface area contributed by atoms with Crippen molar-refractivity contribution in [2.24, 2.45) is 4.99 Å². The Morgan fingerprint density at radius 1 is 1.33 bits per heavy atom. The summed E-state index contributed by atoms with van der Waals surface area (Å²) in [5, 5.41) is 0. The molecule has 2 aliphatic rings. The first-order chi connectivity index (χ1) is 5.68. The Balaban J connectivity index is 2.27. The molecular weight excluding hydrogens is 150 g/mol. The Kier molecular flexibility index (Phi) is 1.77. The first-order valence-electron chi connectivity index (χ1n) is 4.43. The van der Waals surface area contributed by atoms with E-state index >= 15 is 0 Å². The van der Waals surface area contributed by atoms with Crippen LogP contribution in [0, 0.1) is 0 Å². The zero-order valence-electron chi connectivity index (χ0n) is 7.76. The molecule has 3 heteroatoms. The highest BCUT2D eigenvalue weighted by Gasteiger charge is 2.33. The Morgan fingerprint density at radius 3 is 2.83 bits per heavy atom. The van der Waals surface area contributed by atoms with Gasteiger partial charge in [0, 0.05) is 11.8 Å². The number of allylic oxidation sites excluding steroid dienone is 1. The number of nitrogens with one attached hydrogen (secondary N) is 2. The third-order valence-corrected chi connectivity index (χ3v) is 2.70. The number of aliphatic imine (C=N–C) groups is 1. The molecule has 0 aromatic heterocycles. The molecule has 2 aliphatic heterocycles. The number of hydrazine groups is 1. The fraction of sp³-hybridized carbons (Fsp3) is 0.667. The molecule has 0 spiro atoms. The zero-order valence-corrected chi connectivity index (χ0v) is 7.76. The molecule has 2 heterocycles. The number of hydrogen-bond donors (Lipinski definition) is 2. The van der Waals surface area contributed by atoms with E-state index in [0.717, 1.165) is 0 Å². The second-order valence-corrected chi connectivity index (χ2v) is 3.66. The highest BCUT2D eigenvalue weighted by molar-refractivity contribution is 5.98. The van der Waals surface area contributed by atoms with Crippen LogP contribution >= 0.6 is 0 Å². The summed E-state index contributed by atoms with van der Waals surface area (Å²) in [7, 11) is 0. The molecule has 12 heavy (non-hydrogen) atoms. The van der Waals surface area contributed by atoms with E-state index in [1.54, 1.807) is 0 Å². The molecule has 66 valence electrons. The van der Waals surface area contributed by atoms with Gasteiger partial charge in [0.1, 0.15) is 0 Å². The fourth-order valence-corrected chi connectivity index (χ4v) is 1.76. The van der Waals surface area contributed by atoms with E-state index in [-0.39, 0.29) is 0 Å². The van der Waals surface area contributed by atoms with E-state index < -0.39 is 0 Å². The third kappa shape index (κ3) is 1.09. The van der Waals surface area contributed by atoms with Crippen molar-refractivity contribution >= 4 is 5.71 Å². The monoisotopic (exact) mass is 165 g/mol. The summed E-state index contributed by atoms with van der Waals surface area (Å²) >= 11 is 0. The molecule has 3 atom stereocenters. The van der Waals surface area contributed by atoms with E-state index in [1.807, 2.05) is 0 Å². The van der Waals surface area contributed by atoms with Crippen molar-refractivity contribution in [3.63, 3.8) is 0 Å². The first kappa shape index (κ1) is 7.95. The molecule has 0 aliphatic carbocycles. The van der Waals surface area contributed by atoms with Gasteiger partial charge in [0.2, 0.25) is 0 Å². The molecule has 0 radical (unpaired) electrons. The molecule has 1 saturated heterocycles. The summed E-state index contributed by atoms with van der Waals surface area (Å²) < 4.78 is 0. The lowest BCUT2D eigenvalue weighted by atomic mass is 9.97. The SMILES string of the molecule is CC1=CC2NNC(C)C2N=C1C. The van der Waals surface area contributed by atoms with Crippen LogP contribution < -0.4 is 10.9 Å². The van der Waals surface area contributed by atoms with Crippen LogP contribution in [0.3, 0.4) is 0 Å². The second kappa shape index (κ2) is 2.68. The predicted octanol–water partition coefficient (Wildman–Crippen LogP) is 0.641. The minimum Gasteiger partial charge on any atom is -0.283 e. The summed E-state index contributed by atoms with van der Waals surface area (Å²) in [5.41, 5.74) is 8.89. The minimum atomic E-state index is 0.383. The van der Waals surface area contributed by atoms with Crippen LogP contribution in [0.15, 0.2) is 16.6 Å². The van der Waals surface area contributed by atoms with Gasteiger partial charge in [0.25, 0.3) is 0 Å². The number of fused-ring (bicyclic) bond motifs is 1. The van der Waals surface area contributed by atoms with E-state index in [9.17, 15) is 0 Å². The quantitative estimate of drug-likeness (QED) is 0.552. The van der Waals surface area contributed by atoms with E-state index in [0.29, 0.717) is 18.1 Å². The van der Waals surface area contributed by atoms with Crippen molar-refractivity contribution in [2.45, 2.75) is 38.9 Å². The molecule has 2 N–H and O–H groups in total. The lowest BCUT2D eigenvalue weighted by molar-refractivity contribution is 0.567. The van der Waals surface area contributed by atoms with Gasteiger partial charge in [-0.25, -0.2) is 5.43 Å².